The van der Waals surface area contributed by atoms with Crippen molar-refractivity contribution in [1.82, 2.24) is 9.62 Å². The smallest absolute Gasteiger partial charge is 0.215 e. The van der Waals surface area contributed by atoms with Crippen LogP contribution in [0.5, 0.6) is 0 Å². The number of hydrogen-bond donors (Lipinski definition) is 1. The Morgan fingerprint density at radius 3 is 2.45 bits per heavy atom. The van der Waals surface area contributed by atoms with Gasteiger partial charge in [-0.05, 0) is 57.3 Å². The molecule has 1 aromatic carbocycles. The second-order valence-electron chi connectivity index (χ2n) is 6.52. The molecule has 0 radical (unpaired) electrons. The number of nitrogens with zero attached hydrogens (tertiary/aromatic N) is 1. The summed E-state index contributed by atoms with van der Waals surface area (Å²) >= 11 is 0. The molecule has 1 aromatic rings. The maximum atomic E-state index is 12.1. The van der Waals surface area contributed by atoms with Crippen LogP contribution in [0.25, 0.3) is 0 Å². The number of likely N-dealkylation sites (tertiary alicyclic amines) is 1. The first kappa shape index (κ1) is 17.4. The summed E-state index contributed by atoms with van der Waals surface area (Å²) < 4.78 is 26.8. The molecule has 1 aliphatic rings. The summed E-state index contributed by atoms with van der Waals surface area (Å²) in [5.74, 6) is 0.901. The van der Waals surface area contributed by atoms with Gasteiger partial charge in [0.05, 0.1) is 5.75 Å². The van der Waals surface area contributed by atoms with E-state index in [4.69, 9.17) is 0 Å². The molecule has 124 valence electrons. The van der Waals surface area contributed by atoms with Gasteiger partial charge in [-0.3, -0.25) is 0 Å². The first-order valence-electron chi connectivity index (χ1n) is 8.20. The summed E-state index contributed by atoms with van der Waals surface area (Å²) in [6, 6.07) is 7.65. The molecule has 22 heavy (non-hydrogen) atoms. The van der Waals surface area contributed by atoms with Gasteiger partial charge in [0.2, 0.25) is 10.0 Å². The number of rotatable bonds is 7. The summed E-state index contributed by atoms with van der Waals surface area (Å²) in [6.45, 7) is 8.11. The van der Waals surface area contributed by atoms with Crippen molar-refractivity contribution in [3.8, 4) is 0 Å². The minimum Gasteiger partial charge on any atom is -0.303 e. The molecule has 4 nitrogen and oxygen atoms in total. The number of aryl methyl sites for hydroxylation is 1. The van der Waals surface area contributed by atoms with Gasteiger partial charge in [-0.1, -0.05) is 36.8 Å². The Morgan fingerprint density at radius 1 is 1.18 bits per heavy atom. The van der Waals surface area contributed by atoms with E-state index in [2.05, 4.69) is 16.5 Å². The zero-order valence-electron chi connectivity index (χ0n) is 13.7. The topological polar surface area (TPSA) is 49.4 Å². The normalized spacial score (nSPS) is 17.7. The van der Waals surface area contributed by atoms with Crippen molar-refractivity contribution in [2.24, 2.45) is 5.92 Å². The van der Waals surface area contributed by atoms with Crippen LogP contribution >= 0.6 is 0 Å². The summed E-state index contributed by atoms with van der Waals surface area (Å²) in [7, 11) is -3.23. The molecule has 2 rings (SSSR count). The highest BCUT2D eigenvalue weighted by Crippen LogP contribution is 2.15. The van der Waals surface area contributed by atoms with Crippen molar-refractivity contribution in [2.45, 2.75) is 38.9 Å². The lowest BCUT2D eigenvalue weighted by Crippen LogP contribution is -2.35. The molecule has 1 heterocycles. The Bertz CT molecular complexity index is 547. The number of nitrogens with one attached hydrogen (secondary N) is 1. The average Bonchev–Trinajstić information content (AvgIpc) is 2.48. The molecule has 1 saturated heterocycles. The molecule has 0 aromatic heterocycles. The molecular formula is C17H28N2O2S. The highest BCUT2D eigenvalue weighted by molar-refractivity contribution is 7.88. The van der Waals surface area contributed by atoms with Crippen LogP contribution in [-0.2, 0) is 15.8 Å². The zero-order valence-corrected chi connectivity index (χ0v) is 14.5. The molecule has 0 bridgehead atoms. The third-order valence-electron chi connectivity index (χ3n) is 4.33. The van der Waals surface area contributed by atoms with Crippen LogP contribution in [0.2, 0.25) is 0 Å². The molecule has 5 heteroatoms. The van der Waals surface area contributed by atoms with Gasteiger partial charge in [-0.2, -0.15) is 0 Å². The van der Waals surface area contributed by atoms with Crippen molar-refractivity contribution in [3.63, 3.8) is 0 Å². The summed E-state index contributed by atoms with van der Waals surface area (Å²) in [6.07, 6.45) is 3.40. The lowest BCUT2D eigenvalue weighted by Gasteiger charge is -2.30. The fourth-order valence-electron chi connectivity index (χ4n) is 2.77. The van der Waals surface area contributed by atoms with E-state index in [0.29, 0.717) is 6.54 Å². The van der Waals surface area contributed by atoms with Crippen molar-refractivity contribution in [1.29, 1.82) is 0 Å². The van der Waals surface area contributed by atoms with Crippen molar-refractivity contribution >= 4 is 10.0 Å². The van der Waals surface area contributed by atoms with E-state index in [-0.39, 0.29) is 5.75 Å². The molecule has 1 N–H and O–H groups in total. The van der Waals surface area contributed by atoms with Crippen LogP contribution < -0.4 is 4.72 Å². The van der Waals surface area contributed by atoms with Crippen LogP contribution in [0, 0.1) is 12.8 Å². The van der Waals surface area contributed by atoms with E-state index in [9.17, 15) is 8.42 Å². The maximum Gasteiger partial charge on any atom is 0.215 e. The molecule has 0 aliphatic carbocycles. The lowest BCUT2D eigenvalue weighted by molar-refractivity contribution is 0.191. The predicted octanol–water partition coefficient (Wildman–Crippen LogP) is 2.54. The van der Waals surface area contributed by atoms with Crippen molar-refractivity contribution < 1.29 is 8.42 Å². The van der Waals surface area contributed by atoms with Gasteiger partial charge >= 0.3 is 0 Å². The summed E-state index contributed by atoms with van der Waals surface area (Å²) in [5.41, 5.74) is 1.98. The van der Waals surface area contributed by atoms with Crippen LogP contribution in [0.1, 0.15) is 37.3 Å². The second-order valence-corrected chi connectivity index (χ2v) is 8.32. The standard InChI is InChI=1S/C17H28N2O2S/c1-15-4-6-17(7-5-15)14-22(20,21)18-10-3-11-19-12-8-16(2)9-13-19/h4-7,16,18H,3,8-14H2,1-2H3. The molecule has 0 spiro atoms. The van der Waals surface area contributed by atoms with Gasteiger partial charge in [0, 0.05) is 6.54 Å². The van der Waals surface area contributed by atoms with Crippen molar-refractivity contribution in [3.05, 3.63) is 35.4 Å². The highest BCUT2D eigenvalue weighted by Gasteiger charge is 2.15. The minimum atomic E-state index is -3.23. The van der Waals surface area contributed by atoms with Gasteiger partial charge in [-0.25, -0.2) is 13.1 Å². The second kappa shape index (κ2) is 8.09. The Morgan fingerprint density at radius 2 is 1.82 bits per heavy atom. The van der Waals surface area contributed by atoms with Gasteiger partial charge in [0.15, 0.2) is 0 Å². The summed E-state index contributed by atoms with van der Waals surface area (Å²) in [4.78, 5) is 2.44. The first-order valence-corrected chi connectivity index (χ1v) is 9.85. The third-order valence-corrected chi connectivity index (χ3v) is 5.68. The van der Waals surface area contributed by atoms with Crippen LogP contribution in [0.3, 0.4) is 0 Å². The Labute approximate surface area is 135 Å². The minimum absolute atomic E-state index is 0.0640. The molecule has 1 fully saturated rings. The Kier molecular flexibility index (Phi) is 6.41. The molecule has 1 aliphatic heterocycles. The molecule has 0 atom stereocenters. The summed E-state index contributed by atoms with van der Waals surface area (Å²) in [5, 5.41) is 0. The molecule has 0 saturated carbocycles. The number of hydrogen-bond acceptors (Lipinski definition) is 3. The van der Waals surface area contributed by atoms with E-state index in [1.807, 2.05) is 31.2 Å². The Hall–Kier alpha value is -0.910. The largest absolute Gasteiger partial charge is 0.303 e. The van der Waals surface area contributed by atoms with Gasteiger partial charge in [0.25, 0.3) is 0 Å². The number of sulfonamides is 1. The van der Waals surface area contributed by atoms with E-state index >= 15 is 0 Å². The molecule has 0 unspecified atom stereocenters. The van der Waals surface area contributed by atoms with Crippen LogP contribution in [-0.4, -0.2) is 39.5 Å². The van der Waals surface area contributed by atoms with Crippen molar-refractivity contribution in [2.75, 3.05) is 26.2 Å². The first-order chi connectivity index (χ1) is 10.4. The highest BCUT2D eigenvalue weighted by atomic mass is 32.2. The molecule has 0 amide bonds. The quantitative estimate of drug-likeness (QED) is 0.784. The van der Waals surface area contributed by atoms with E-state index < -0.39 is 10.0 Å². The van der Waals surface area contributed by atoms with Gasteiger partial charge in [-0.15, -0.1) is 0 Å². The van der Waals surface area contributed by atoms with E-state index in [1.165, 1.54) is 12.8 Å². The van der Waals surface area contributed by atoms with Crippen LogP contribution in [0.15, 0.2) is 24.3 Å². The fourth-order valence-corrected chi connectivity index (χ4v) is 3.96. The van der Waals surface area contributed by atoms with E-state index in [1.54, 1.807) is 0 Å². The zero-order chi connectivity index (χ0) is 16.0. The van der Waals surface area contributed by atoms with E-state index in [0.717, 1.165) is 43.1 Å². The Balaban J connectivity index is 1.68. The maximum absolute atomic E-state index is 12.1. The fraction of sp³-hybridized carbons (Fsp3) is 0.647. The van der Waals surface area contributed by atoms with Gasteiger partial charge in [0.1, 0.15) is 0 Å². The van der Waals surface area contributed by atoms with Gasteiger partial charge < -0.3 is 4.90 Å². The lowest BCUT2D eigenvalue weighted by atomic mass is 9.99. The van der Waals surface area contributed by atoms with Crippen LogP contribution in [0.4, 0.5) is 0 Å². The molecular weight excluding hydrogens is 296 g/mol. The number of benzene rings is 1. The SMILES string of the molecule is Cc1ccc(CS(=O)(=O)NCCCN2CCC(C)CC2)cc1. The number of piperidine rings is 1. The average molecular weight is 324 g/mol. The monoisotopic (exact) mass is 324 g/mol. The third kappa shape index (κ3) is 6.07. The predicted molar refractivity (Wildman–Crippen MR) is 91.3 cm³/mol.